The molecule has 7 aromatic rings. The predicted octanol–water partition coefficient (Wildman–Crippen LogP) is 17.3. The van der Waals surface area contributed by atoms with Gasteiger partial charge in [-0.15, -0.1) is 0 Å². The zero-order chi connectivity index (χ0) is 48.7. The molecule has 66 heavy (non-hydrogen) atoms. The van der Waals surface area contributed by atoms with E-state index < -0.39 is 16.2 Å². The Labute approximate surface area is 401 Å². The first-order valence-corrected chi connectivity index (χ1v) is 24.4. The monoisotopic (exact) mass is 871 g/mol. The summed E-state index contributed by atoms with van der Waals surface area (Å²) in [6, 6.07) is 37.6. The highest BCUT2D eigenvalue weighted by Crippen LogP contribution is 2.50. The smallest absolute Gasteiger partial charge is 0.0423 e. The Morgan fingerprint density at radius 2 is 0.258 bits per heavy atom. The van der Waals surface area contributed by atoms with Crippen molar-refractivity contribution in [2.45, 2.75) is 162 Å². The van der Waals surface area contributed by atoms with Gasteiger partial charge in [-0.3, -0.25) is 0 Å². The molecule has 0 aliphatic rings. The first-order chi connectivity index (χ1) is 30.7. The standard InChI is InChI=1S/C66H78/c1-37-22-55(23-38(2)49(37)13)64(19,56-24-39(3)50(14)40(4)25-56)61-34-62(65(20,57-26-41(5)51(15)42(6)27-57)58-28-43(7)52(16)44(8)29-58)36-63(35-61)66(21,59-30-45(9)53(17)46(10)31-59)60-32-47(11)54(18)48(12)33-60/h22-36H,1-21H3. The average molecular weight is 871 g/mol. The summed E-state index contributed by atoms with van der Waals surface area (Å²) in [5.74, 6) is 0. The van der Waals surface area contributed by atoms with Crippen LogP contribution in [0.15, 0.2) is 91.0 Å². The van der Waals surface area contributed by atoms with Crippen LogP contribution in [0.25, 0.3) is 0 Å². The molecule has 0 bridgehead atoms. The van der Waals surface area contributed by atoms with Crippen molar-refractivity contribution in [1.82, 2.24) is 0 Å². The maximum absolute atomic E-state index is 2.62. The molecule has 0 amide bonds. The van der Waals surface area contributed by atoms with Crippen LogP contribution in [-0.4, -0.2) is 0 Å². The summed E-state index contributed by atoms with van der Waals surface area (Å²) in [7, 11) is 0. The Morgan fingerprint density at radius 3 is 0.364 bits per heavy atom. The van der Waals surface area contributed by atoms with Gasteiger partial charge in [0.05, 0.1) is 0 Å². The molecule has 0 fully saturated rings. The van der Waals surface area contributed by atoms with Gasteiger partial charge >= 0.3 is 0 Å². The molecule has 0 spiro atoms. The largest absolute Gasteiger partial charge is 0.0546 e. The minimum atomic E-state index is -0.518. The lowest BCUT2D eigenvalue weighted by molar-refractivity contribution is 0.640. The summed E-state index contributed by atoms with van der Waals surface area (Å²) in [5, 5.41) is 0. The zero-order valence-corrected chi connectivity index (χ0v) is 44.7. The van der Waals surface area contributed by atoms with Gasteiger partial charge in [-0.05, 0) is 296 Å². The van der Waals surface area contributed by atoms with Crippen LogP contribution in [0.4, 0.5) is 0 Å². The highest BCUT2D eigenvalue weighted by atomic mass is 14.4. The lowest BCUT2D eigenvalue weighted by Crippen LogP contribution is -2.33. The fraction of sp³-hybridized carbons (Fsp3) is 0.364. The van der Waals surface area contributed by atoms with Crippen molar-refractivity contribution in [3.63, 3.8) is 0 Å². The normalized spacial score (nSPS) is 12.3. The number of benzene rings is 7. The third-order valence-electron chi connectivity index (χ3n) is 17.7. The molecule has 0 aliphatic carbocycles. The van der Waals surface area contributed by atoms with Gasteiger partial charge < -0.3 is 0 Å². The molecule has 0 aliphatic heterocycles. The predicted molar refractivity (Wildman–Crippen MR) is 287 cm³/mol. The van der Waals surface area contributed by atoms with Crippen molar-refractivity contribution in [2.24, 2.45) is 0 Å². The Morgan fingerprint density at radius 1 is 0.167 bits per heavy atom. The molecular formula is C66H78. The van der Waals surface area contributed by atoms with Gasteiger partial charge in [-0.1, -0.05) is 91.0 Å². The summed E-state index contributed by atoms with van der Waals surface area (Å²) in [6.45, 7) is 48.7. The molecule has 0 unspecified atom stereocenters. The maximum Gasteiger partial charge on any atom is 0.0423 e. The Kier molecular flexibility index (Phi) is 12.7. The Hall–Kier alpha value is -5.46. The Bertz CT molecular complexity index is 2430. The van der Waals surface area contributed by atoms with E-state index in [1.165, 1.54) is 150 Å². The van der Waals surface area contributed by atoms with Gasteiger partial charge in [-0.2, -0.15) is 0 Å². The second-order valence-corrected chi connectivity index (χ2v) is 21.6. The van der Waals surface area contributed by atoms with Crippen molar-refractivity contribution >= 4 is 0 Å². The van der Waals surface area contributed by atoms with Crippen LogP contribution in [0.3, 0.4) is 0 Å². The first kappa shape index (κ1) is 48.5. The summed E-state index contributed by atoms with van der Waals surface area (Å²) in [6.07, 6.45) is 0. The molecule has 342 valence electrons. The second kappa shape index (κ2) is 17.3. The fourth-order valence-electron chi connectivity index (χ4n) is 10.9. The van der Waals surface area contributed by atoms with E-state index in [0.717, 1.165) is 0 Å². The minimum Gasteiger partial charge on any atom is -0.0546 e. The second-order valence-electron chi connectivity index (χ2n) is 21.6. The van der Waals surface area contributed by atoms with Crippen molar-refractivity contribution in [3.05, 3.63) is 241 Å². The molecule has 0 radical (unpaired) electrons. The summed E-state index contributed by atoms with van der Waals surface area (Å²) < 4.78 is 0. The lowest BCUT2D eigenvalue weighted by atomic mass is 9.62. The number of aryl methyl sites for hydroxylation is 12. The lowest BCUT2D eigenvalue weighted by Gasteiger charge is -2.40. The molecular weight excluding hydrogens is 793 g/mol. The molecule has 7 aromatic carbocycles. The van der Waals surface area contributed by atoms with E-state index in [-0.39, 0.29) is 0 Å². The summed E-state index contributed by atoms with van der Waals surface area (Å²) in [4.78, 5) is 0. The molecule has 0 saturated heterocycles. The molecule has 0 nitrogen and oxygen atoms in total. The van der Waals surface area contributed by atoms with E-state index in [1.54, 1.807) is 0 Å². The maximum atomic E-state index is 2.62. The third kappa shape index (κ3) is 7.91. The molecule has 0 atom stereocenters. The number of hydrogen-bond donors (Lipinski definition) is 0. The minimum absolute atomic E-state index is 0.518. The topological polar surface area (TPSA) is 0 Å². The SMILES string of the molecule is Cc1cc(C(C)(c2cc(C(C)(c3cc(C)c(C)c(C)c3)c3cc(C)c(C)c(C)c3)cc(C(C)(c3cc(C)c(C)c(C)c3)c3cc(C)c(C)c(C)c3)c2)c2cc(C)c(C)c(C)c2)cc(C)c1C. The van der Waals surface area contributed by atoms with Crippen molar-refractivity contribution in [3.8, 4) is 0 Å². The highest BCUT2D eigenvalue weighted by Gasteiger charge is 2.41. The van der Waals surface area contributed by atoms with Crippen LogP contribution in [-0.2, 0) is 16.2 Å². The fourth-order valence-corrected chi connectivity index (χ4v) is 10.9. The van der Waals surface area contributed by atoms with Gasteiger partial charge in [0.2, 0.25) is 0 Å². The van der Waals surface area contributed by atoms with Gasteiger partial charge in [0.15, 0.2) is 0 Å². The average Bonchev–Trinajstić information content (AvgIpc) is 3.27. The molecule has 0 heteroatoms. The molecule has 0 N–H and O–H groups in total. The van der Waals surface area contributed by atoms with Crippen LogP contribution in [0, 0.1) is 125 Å². The number of hydrogen-bond acceptors (Lipinski definition) is 0. The quantitative estimate of drug-likeness (QED) is 0.127. The van der Waals surface area contributed by atoms with Crippen LogP contribution < -0.4 is 0 Å². The summed E-state index contributed by atoms with van der Waals surface area (Å²) >= 11 is 0. The third-order valence-corrected chi connectivity index (χ3v) is 17.7. The van der Waals surface area contributed by atoms with Gasteiger partial charge in [0, 0.05) is 16.2 Å². The van der Waals surface area contributed by atoms with E-state index in [0.29, 0.717) is 0 Å². The first-order valence-electron chi connectivity index (χ1n) is 24.4. The molecule has 0 saturated carbocycles. The Balaban J connectivity index is 1.77. The van der Waals surface area contributed by atoms with Crippen LogP contribution in [0.1, 0.15) is 171 Å². The number of rotatable bonds is 9. The van der Waals surface area contributed by atoms with Crippen molar-refractivity contribution in [2.75, 3.05) is 0 Å². The van der Waals surface area contributed by atoms with Crippen LogP contribution >= 0.6 is 0 Å². The molecule has 0 aromatic heterocycles. The highest BCUT2D eigenvalue weighted by molar-refractivity contribution is 5.64. The molecule has 7 rings (SSSR count). The van der Waals surface area contributed by atoms with E-state index in [9.17, 15) is 0 Å². The van der Waals surface area contributed by atoms with E-state index in [1.807, 2.05) is 0 Å². The van der Waals surface area contributed by atoms with Gasteiger partial charge in [-0.25, -0.2) is 0 Å². The molecule has 0 heterocycles. The van der Waals surface area contributed by atoms with E-state index in [2.05, 4.69) is 236 Å². The van der Waals surface area contributed by atoms with Crippen LogP contribution in [0.5, 0.6) is 0 Å². The van der Waals surface area contributed by atoms with E-state index >= 15 is 0 Å². The van der Waals surface area contributed by atoms with Crippen LogP contribution in [0.2, 0.25) is 0 Å². The summed E-state index contributed by atoms with van der Waals surface area (Å²) in [5.41, 5.74) is 34.4. The van der Waals surface area contributed by atoms with Gasteiger partial charge in [0.1, 0.15) is 0 Å². The van der Waals surface area contributed by atoms with Gasteiger partial charge in [0.25, 0.3) is 0 Å². The van der Waals surface area contributed by atoms with E-state index in [4.69, 9.17) is 0 Å². The zero-order valence-electron chi connectivity index (χ0n) is 44.7. The van der Waals surface area contributed by atoms with Crippen molar-refractivity contribution < 1.29 is 0 Å². The van der Waals surface area contributed by atoms with Crippen molar-refractivity contribution in [1.29, 1.82) is 0 Å².